The number of amides is 1. The second-order valence-corrected chi connectivity index (χ2v) is 7.52. The Bertz CT molecular complexity index is 553. The molecule has 2 fully saturated rings. The van der Waals surface area contributed by atoms with Crippen LogP contribution >= 0.6 is 22.9 Å². The molecule has 2 unspecified atom stereocenters. The van der Waals surface area contributed by atoms with Crippen LogP contribution in [0.2, 0.25) is 5.02 Å². The number of nitrogens with zero attached hydrogens (tertiary/aromatic N) is 1. The molecule has 1 amide bonds. The monoisotopic (exact) mass is 329 g/mol. The van der Waals surface area contributed by atoms with Gasteiger partial charge >= 0.3 is 0 Å². The maximum Gasteiger partial charge on any atom is 0.265 e. The first-order chi connectivity index (χ1) is 9.93. The van der Waals surface area contributed by atoms with Crippen LogP contribution < -0.4 is 0 Å². The van der Waals surface area contributed by atoms with Crippen LogP contribution in [0.5, 0.6) is 0 Å². The summed E-state index contributed by atoms with van der Waals surface area (Å²) in [5.74, 6) is -0.00205. The number of hydrogen-bond acceptors (Lipinski definition) is 4. The van der Waals surface area contributed by atoms with E-state index in [-0.39, 0.29) is 23.0 Å². The molecule has 6 heteroatoms. The van der Waals surface area contributed by atoms with E-state index in [1.807, 2.05) is 10.3 Å². The van der Waals surface area contributed by atoms with Gasteiger partial charge in [-0.2, -0.15) is 0 Å². The van der Waals surface area contributed by atoms with Crippen LogP contribution in [0, 0.1) is 5.41 Å². The molecule has 0 bridgehead atoms. The van der Waals surface area contributed by atoms with Crippen molar-refractivity contribution in [3.63, 3.8) is 0 Å². The Kier molecular flexibility index (Phi) is 3.81. The summed E-state index contributed by atoms with van der Waals surface area (Å²) in [6.07, 6.45) is 1.89. The molecule has 2 aliphatic rings. The van der Waals surface area contributed by atoms with Gasteiger partial charge < -0.3 is 14.7 Å². The Morgan fingerprint density at radius 1 is 1.52 bits per heavy atom. The topological polar surface area (TPSA) is 49.8 Å². The highest BCUT2D eigenvalue weighted by Gasteiger charge is 2.63. The minimum Gasteiger partial charge on any atom is -0.392 e. The standard InChI is InChI=1S/C15H20ClNO3S/c1-14(20-2)9-11(18)15(14)4-6-17(7-5-15)13(19)12-10(16)3-8-21-12/h3,8,11,18H,4-7,9H2,1-2H3. The van der Waals surface area contributed by atoms with Gasteiger partial charge in [0.15, 0.2) is 0 Å². The number of aliphatic hydroxyl groups excluding tert-OH is 1. The Morgan fingerprint density at radius 2 is 2.19 bits per heavy atom. The third-order valence-electron chi connectivity index (χ3n) is 5.48. The number of piperidine rings is 1. The van der Waals surface area contributed by atoms with Crippen molar-refractivity contribution >= 4 is 28.8 Å². The Morgan fingerprint density at radius 3 is 2.67 bits per heavy atom. The highest BCUT2D eigenvalue weighted by molar-refractivity contribution is 7.12. The summed E-state index contributed by atoms with van der Waals surface area (Å²) in [5.41, 5.74) is -0.486. The van der Waals surface area contributed by atoms with Crippen molar-refractivity contribution in [3.05, 3.63) is 21.3 Å². The predicted molar refractivity (Wildman–Crippen MR) is 82.9 cm³/mol. The molecule has 0 radical (unpaired) electrons. The molecule has 1 aliphatic carbocycles. The molecule has 1 N–H and O–H groups in total. The van der Waals surface area contributed by atoms with Gasteiger partial charge in [-0.3, -0.25) is 4.79 Å². The molecule has 2 heterocycles. The van der Waals surface area contributed by atoms with Gasteiger partial charge in [0.25, 0.3) is 5.91 Å². The summed E-state index contributed by atoms with van der Waals surface area (Å²) >= 11 is 7.42. The molecular weight excluding hydrogens is 310 g/mol. The van der Waals surface area contributed by atoms with E-state index in [9.17, 15) is 9.90 Å². The molecule has 21 heavy (non-hydrogen) atoms. The third kappa shape index (κ3) is 2.13. The lowest BCUT2D eigenvalue weighted by molar-refractivity contribution is -0.259. The average Bonchev–Trinajstić information content (AvgIpc) is 2.92. The number of aliphatic hydroxyl groups is 1. The number of rotatable bonds is 2. The van der Waals surface area contributed by atoms with E-state index in [1.54, 1.807) is 13.2 Å². The van der Waals surface area contributed by atoms with E-state index in [2.05, 4.69) is 6.92 Å². The number of likely N-dealkylation sites (tertiary alicyclic amines) is 1. The number of halogens is 1. The van der Waals surface area contributed by atoms with E-state index in [0.717, 1.165) is 12.8 Å². The molecule has 0 aromatic carbocycles. The first kappa shape index (κ1) is 15.3. The quantitative estimate of drug-likeness (QED) is 0.907. The molecular formula is C15H20ClNO3S. The van der Waals surface area contributed by atoms with Crippen molar-refractivity contribution in [2.45, 2.75) is 37.9 Å². The number of thiophene rings is 1. The molecule has 3 rings (SSSR count). The fourth-order valence-corrected chi connectivity index (χ4v) is 4.94. The molecule has 1 aliphatic heterocycles. The molecule has 1 aromatic rings. The lowest BCUT2D eigenvalue weighted by atomic mass is 9.51. The first-order valence-corrected chi connectivity index (χ1v) is 8.45. The van der Waals surface area contributed by atoms with Gasteiger partial charge in [-0.1, -0.05) is 11.6 Å². The summed E-state index contributed by atoms with van der Waals surface area (Å²) < 4.78 is 5.64. The van der Waals surface area contributed by atoms with Crippen molar-refractivity contribution in [1.29, 1.82) is 0 Å². The normalized spacial score (nSPS) is 31.2. The predicted octanol–water partition coefficient (Wildman–Crippen LogP) is 2.79. The van der Waals surface area contributed by atoms with Gasteiger partial charge in [-0.25, -0.2) is 0 Å². The second kappa shape index (κ2) is 5.23. The van der Waals surface area contributed by atoms with Gasteiger partial charge in [-0.05, 0) is 31.2 Å². The summed E-state index contributed by atoms with van der Waals surface area (Å²) in [4.78, 5) is 14.9. The molecule has 116 valence electrons. The van der Waals surface area contributed by atoms with E-state index < -0.39 is 0 Å². The zero-order valence-electron chi connectivity index (χ0n) is 12.3. The van der Waals surface area contributed by atoms with Crippen LogP contribution in [0.1, 0.15) is 35.9 Å². The van der Waals surface area contributed by atoms with Crippen LogP contribution in [0.3, 0.4) is 0 Å². The number of carbonyl (C=O) groups is 1. The molecule has 1 saturated heterocycles. The summed E-state index contributed by atoms with van der Waals surface area (Å²) in [7, 11) is 1.70. The van der Waals surface area contributed by atoms with Gasteiger partial charge in [-0.15, -0.1) is 11.3 Å². The van der Waals surface area contributed by atoms with E-state index in [1.165, 1.54) is 11.3 Å². The Balaban J connectivity index is 1.71. The molecule has 1 saturated carbocycles. The third-order valence-corrected chi connectivity index (χ3v) is 6.81. The molecule has 2 atom stereocenters. The highest BCUT2D eigenvalue weighted by atomic mass is 35.5. The molecule has 1 aromatic heterocycles. The van der Waals surface area contributed by atoms with Crippen molar-refractivity contribution in [2.75, 3.05) is 20.2 Å². The SMILES string of the molecule is COC1(C)CC(O)C12CCN(C(=O)c1sccc1Cl)CC2. The summed E-state index contributed by atoms with van der Waals surface area (Å²) in [6.45, 7) is 3.35. The van der Waals surface area contributed by atoms with Crippen LogP contribution in [0.15, 0.2) is 11.4 Å². The zero-order valence-corrected chi connectivity index (χ0v) is 13.8. The van der Waals surface area contributed by atoms with E-state index >= 15 is 0 Å². The molecule has 4 nitrogen and oxygen atoms in total. The number of ether oxygens (including phenoxy) is 1. The van der Waals surface area contributed by atoms with Crippen LogP contribution in [0.4, 0.5) is 0 Å². The number of hydrogen-bond donors (Lipinski definition) is 1. The van der Waals surface area contributed by atoms with Crippen molar-refractivity contribution in [1.82, 2.24) is 4.90 Å². The smallest absolute Gasteiger partial charge is 0.265 e. The fraction of sp³-hybridized carbons (Fsp3) is 0.667. The van der Waals surface area contributed by atoms with Crippen LogP contribution in [0.25, 0.3) is 0 Å². The minimum atomic E-state index is -0.329. The average molecular weight is 330 g/mol. The first-order valence-electron chi connectivity index (χ1n) is 7.19. The van der Waals surface area contributed by atoms with Crippen LogP contribution in [-0.4, -0.2) is 47.8 Å². The summed E-state index contributed by atoms with van der Waals surface area (Å²) in [6, 6.07) is 1.75. The van der Waals surface area contributed by atoms with Crippen molar-refractivity contribution in [2.24, 2.45) is 5.41 Å². The lowest BCUT2D eigenvalue weighted by Gasteiger charge is -2.62. The summed E-state index contributed by atoms with van der Waals surface area (Å²) in [5, 5.41) is 12.6. The van der Waals surface area contributed by atoms with Gasteiger partial charge in [0.2, 0.25) is 0 Å². The van der Waals surface area contributed by atoms with E-state index in [4.69, 9.17) is 16.3 Å². The largest absolute Gasteiger partial charge is 0.392 e. The maximum atomic E-state index is 12.5. The maximum absolute atomic E-state index is 12.5. The highest BCUT2D eigenvalue weighted by Crippen LogP contribution is 2.58. The fourth-order valence-electron chi connectivity index (χ4n) is 3.84. The lowest BCUT2D eigenvalue weighted by Crippen LogP contribution is -2.69. The van der Waals surface area contributed by atoms with Crippen LogP contribution in [-0.2, 0) is 4.74 Å². The van der Waals surface area contributed by atoms with E-state index in [0.29, 0.717) is 29.4 Å². The number of carbonyl (C=O) groups excluding carboxylic acids is 1. The zero-order chi connectivity index (χ0) is 15.3. The number of methoxy groups -OCH3 is 1. The van der Waals surface area contributed by atoms with Gasteiger partial charge in [0.05, 0.1) is 16.7 Å². The Labute approximate surface area is 133 Å². The van der Waals surface area contributed by atoms with Gasteiger partial charge in [0.1, 0.15) is 4.88 Å². The van der Waals surface area contributed by atoms with Crippen molar-refractivity contribution in [3.8, 4) is 0 Å². The Hall–Kier alpha value is -0.620. The minimum absolute atomic E-state index is 0.00205. The van der Waals surface area contributed by atoms with Gasteiger partial charge in [0, 0.05) is 32.0 Å². The van der Waals surface area contributed by atoms with Crippen molar-refractivity contribution < 1.29 is 14.6 Å². The second-order valence-electron chi connectivity index (χ2n) is 6.20. The molecule has 1 spiro atoms.